The van der Waals surface area contributed by atoms with E-state index in [1.807, 2.05) is 18.4 Å². The zero-order chi connectivity index (χ0) is 32.4. The Balaban J connectivity index is 0.00000145. The monoisotopic (exact) mass is 617 g/mol. The molecule has 1 aliphatic carbocycles. The van der Waals surface area contributed by atoms with E-state index in [9.17, 15) is 18.0 Å². The third-order valence-electron chi connectivity index (χ3n) is 6.26. The molecule has 1 aliphatic rings. The summed E-state index contributed by atoms with van der Waals surface area (Å²) in [6.07, 6.45) is 11.2. The molecule has 6 N–H and O–H groups in total. The first-order chi connectivity index (χ1) is 20.7. The number of hydrogen-bond donors (Lipinski definition) is 4. The Morgan fingerprint density at radius 1 is 1.07 bits per heavy atom. The van der Waals surface area contributed by atoms with E-state index in [0.717, 1.165) is 41.7 Å². The highest BCUT2D eigenvalue weighted by atomic mass is 32.2. The van der Waals surface area contributed by atoms with Crippen molar-refractivity contribution in [1.82, 2.24) is 4.57 Å². The highest BCUT2D eigenvalue weighted by Crippen LogP contribution is 2.32. The molecule has 2 aromatic carbocycles. The number of terminal acetylenes is 1. The molecule has 0 unspecified atom stereocenters. The van der Waals surface area contributed by atoms with Crippen LogP contribution in [0.3, 0.4) is 0 Å². The molecule has 1 fully saturated rings. The van der Waals surface area contributed by atoms with Gasteiger partial charge in [-0.1, -0.05) is 31.2 Å². The number of nitrogens with one attached hydrogen (secondary N) is 2. The zero-order valence-corrected chi connectivity index (χ0v) is 26.0. The summed E-state index contributed by atoms with van der Waals surface area (Å²) in [5, 5.41) is 7.01. The van der Waals surface area contributed by atoms with Crippen LogP contribution in [0.1, 0.15) is 44.7 Å². The van der Waals surface area contributed by atoms with E-state index in [1.165, 1.54) is 43.8 Å². The fraction of sp³-hybridized carbons (Fsp3) is 0.406. The highest BCUT2D eigenvalue weighted by Gasteiger charge is 2.30. The summed E-state index contributed by atoms with van der Waals surface area (Å²) >= 11 is 1.53. The van der Waals surface area contributed by atoms with Gasteiger partial charge in [-0.3, -0.25) is 4.79 Å². The van der Waals surface area contributed by atoms with Crippen LogP contribution in [-0.2, 0) is 11.3 Å². The summed E-state index contributed by atoms with van der Waals surface area (Å²) in [6.45, 7) is 0.231. The van der Waals surface area contributed by atoms with Crippen molar-refractivity contribution in [3.63, 3.8) is 0 Å². The zero-order valence-electron chi connectivity index (χ0n) is 25.2. The molecule has 0 atom stereocenters. The van der Waals surface area contributed by atoms with E-state index in [-0.39, 0.29) is 18.2 Å². The Morgan fingerprint density at radius 3 is 2.35 bits per heavy atom. The van der Waals surface area contributed by atoms with Crippen molar-refractivity contribution in [3.8, 4) is 30.4 Å². The topological polar surface area (TPSA) is 107 Å². The second-order valence-electron chi connectivity index (χ2n) is 9.08. The van der Waals surface area contributed by atoms with Crippen LogP contribution in [0.25, 0.3) is 10.9 Å². The summed E-state index contributed by atoms with van der Waals surface area (Å²) in [7, 11) is 3.00. The maximum absolute atomic E-state index is 13.5. The lowest BCUT2D eigenvalue weighted by Crippen LogP contribution is -2.22. The molecule has 0 saturated heterocycles. The van der Waals surface area contributed by atoms with Crippen LogP contribution >= 0.6 is 11.8 Å². The van der Waals surface area contributed by atoms with E-state index in [0.29, 0.717) is 23.0 Å². The van der Waals surface area contributed by atoms with Crippen LogP contribution in [-0.4, -0.2) is 49.7 Å². The van der Waals surface area contributed by atoms with Crippen LogP contribution < -0.4 is 26.8 Å². The lowest BCUT2D eigenvalue weighted by molar-refractivity contribution is -0.140. The molecule has 3 aromatic rings. The molecule has 0 aliphatic heterocycles. The fourth-order valence-corrected chi connectivity index (χ4v) is 5.06. The van der Waals surface area contributed by atoms with Crippen molar-refractivity contribution in [2.24, 2.45) is 11.5 Å². The van der Waals surface area contributed by atoms with Crippen LogP contribution in [0.4, 0.5) is 24.5 Å². The van der Waals surface area contributed by atoms with E-state index in [2.05, 4.69) is 46.8 Å². The Hall–Kier alpha value is -3.77. The second kappa shape index (κ2) is 19.4. The SMILES string of the molecule is C#C.CN.CN.CSc1ccc(OCC#Cc2cc3c(NC4CCCCC4)cccc3n2CC(F)(F)F)c(NC(C)=O)c1. The van der Waals surface area contributed by atoms with E-state index in [1.54, 1.807) is 30.3 Å². The number of carbonyl (C=O) groups excluding carboxylic acids is 1. The molecule has 11 heteroatoms. The van der Waals surface area contributed by atoms with Gasteiger partial charge >= 0.3 is 6.18 Å². The first kappa shape index (κ1) is 37.3. The van der Waals surface area contributed by atoms with Gasteiger partial charge in [-0.05, 0) is 75.5 Å². The van der Waals surface area contributed by atoms with Gasteiger partial charge in [-0.15, -0.1) is 24.6 Å². The maximum Gasteiger partial charge on any atom is 0.406 e. The average molecular weight is 618 g/mol. The number of benzene rings is 2. The third kappa shape index (κ3) is 11.8. The van der Waals surface area contributed by atoms with E-state index in [4.69, 9.17) is 4.74 Å². The van der Waals surface area contributed by atoms with Gasteiger partial charge in [-0.2, -0.15) is 13.2 Å². The number of thioether (sulfide) groups is 1. The number of anilines is 2. The van der Waals surface area contributed by atoms with Gasteiger partial charge in [0.05, 0.1) is 16.9 Å². The predicted molar refractivity (Wildman–Crippen MR) is 174 cm³/mol. The van der Waals surface area contributed by atoms with Gasteiger partial charge in [0.1, 0.15) is 18.9 Å². The molecule has 1 aromatic heterocycles. The van der Waals surface area contributed by atoms with Crippen LogP contribution in [0.15, 0.2) is 47.4 Å². The molecule has 0 spiro atoms. The smallest absolute Gasteiger partial charge is 0.406 e. The molecule has 43 heavy (non-hydrogen) atoms. The Kier molecular flexibility index (Phi) is 16.8. The van der Waals surface area contributed by atoms with Crippen molar-refractivity contribution >= 4 is 39.9 Å². The molecular weight excluding hydrogens is 575 g/mol. The fourth-order valence-electron chi connectivity index (χ4n) is 4.62. The number of carbonyl (C=O) groups is 1. The molecule has 0 bridgehead atoms. The number of nitrogens with zero attached hydrogens (tertiary/aromatic N) is 1. The van der Waals surface area contributed by atoms with Gasteiger partial charge in [0.2, 0.25) is 5.91 Å². The minimum Gasteiger partial charge on any atom is -0.479 e. The summed E-state index contributed by atoms with van der Waals surface area (Å²) in [4.78, 5) is 12.5. The Labute approximate surface area is 257 Å². The lowest BCUT2D eigenvalue weighted by Gasteiger charge is -2.24. The summed E-state index contributed by atoms with van der Waals surface area (Å²) in [5.74, 6) is 5.94. The minimum absolute atomic E-state index is 0.0497. The summed E-state index contributed by atoms with van der Waals surface area (Å²) in [6, 6.07) is 12.8. The number of aromatic nitrogens is 1. The van der Waals surface area contributed by atoms with Gasteiger partial charge in [0.15, 0.2) is 0 Å². The molecule has 7 nitrogen and oxygen atoms in total. The molecule has 4 rings (SSSR count). The molecule has 234 valence electrons. The van der Waals surface area contributed by atoms with Gasteiger partial charge in [0, 0.05) is 28.9 Å². The van der Waals surface area contributed by atoms with E-state index < -0.39 is 12.7 Å². The minimum atomic E-state index is -4.39. The number of hydrogen-bond acceptors (Lipinski definition) is 6. The van der Waals surface area contributed by atoms with Gasteiger partial charge in [0.25, 0.3) is 0 Å². The van der Waals surface area contributed by atoms with E-state index >= 15 is 0 Å². The predicted octanol–water partition coefficient (Wildman–Crippen LogP) is 6.46. The number of ether oxygens (including phenoxy) is 1. The van der Waals surface area contributed by atoms with Crippen molar-refractivity contribution in [1.29, 1.82) is 0 Å². The quantitative estimate of drug-likeness (QED) is 0.179. The Bertz CT molecular complexity index is 1370. The first-order valence-electron chi connectivity index (χ1n) is 13.7. The van der Waals surface area contributed by atoms with Crippen LogP contribution in [0.2, 0.25) is 0 Å². The average Bonchev–Trinajstić information content (AvgIpc) is 3.35. The van der Waals surface area contributed by atoms with Gasteiger partial charge < -0.3 is 31.4 Å². The number of rotatable bonds is 7. The highest BCUT2D eigenvalue weighted by molar-refractivity contribution is 7.98. The molecule has 1 saturated carbocycles. The molecule has 1 heterocycles. The summed E-state index contributed by atoms with van der Waals surface area (Å²) in [5.41, 5.74) is 11.1. The number of alkyl halides is 3. The van der Waals surface area contributed by atoms with Crippen molar-refractivity contribution in [3.05, 3.63) is 48.2 Å². The van der Waals surface area contributed by atoms with Crippen molar-refractivity contribution in [2.75, 3.05) is 37.6 Å². The number of nitrogens with two attached hydrogens (primary N) is 2. The van der Waals surface area contributed by atoms with Crippen molar-refractivity contribution in [2.45, 2.75) is 62.7 Å². The number of halogens is 3. The largest absolute Gasteiger partial charge is 0.479 e. The molecule has 1 amide bonds. The lowest BCUT2D eigenvalue weighted by atomic mass is 9.95. The second-order valence-corrected chi connectivity index (χ2v) is 9.96. The maximum atomic E-state index is 13.5. The summed E-state index contributed by atoms with van der Waals surface area (Å²) < 4.78 is 47.4. The normalized spacial score (nSPS) is 12.5. The van der Waals surface area contributed by atoms with Crippen LogP contribution in [0.5, 0.6) is 5.75 Å². The standard InChI is InChI=1S/C28H30F3N3O2S.C2H2.2CH5N/c1-19(35)32-25-17-22(37-2)13-14-27(25)36-15-7-10-21-16-23-24(33-20-8-4-3-5-9-20)11-6-12-26(23)34(21)18-28(29,30)31;3*1-2/h6,11-14,16-17,20,33H,3-5,8-9,15,18H2,1-2H3,(H,32,35);1-2H;2*2H2,1H3. The third-order valence-corrected chi connectivity index (χ3v) is 6.99. The number of fused-ring (bicyclic) bond motifs is 1. The molecule has 0 radical (unpaired) electrons. The van der Waals surface area contributed by atoms with Gasteiger partial charge in [-0.25, -0.2) is 0 Å². The van der Waals surface area contributed by atoms with Crippen molar-refractivity contribution < 1.29 is 22.7 Å². The van der Waals surface area contributed by atoms with Crippen LogP contribution in [0, 0.1) is 24.7 Å². The first-order valence-corrected chi connectivity index (χ1v) is 15.0. The number of amides is 1. The Morgan fingerprint density at radius 2 is 1.74 bits per heavy atom. The molecular formula is C32H42F3N5O2S.